The lowest BCUT2D eigenvalue weighted by molar-refractivity contribution is 0.0683. The molecule has 0 aromatic carbocycles. The molecule has 2 rings (SSSR count). The molecule has 6 nitrogen and oxygen atoms in total. The number of methoxy groups -OCH3 is 1. The summed E-state index contributed by atoms with van der Waals surface area (Å²) in [7, 11) is 3.39. The maximum atomic E-state index is 11.9. The van der Waals surface area contributed by atoms with Crippen molar-refractivity contribution in [3.63, 3.8) is 0 Å². The van der Waals surface area contributed by atoms with E-state index in [1.165, 1.54) is 6.20 Å². The van der Waals surface area contributed by atoms with E-state index in [0.717, 1.165) is 0 Å². The summed E-state index contributed by atoms with van der Waals surface area (Å²) < 4.78 is 12.1. The van der Waals surface area contributed by atoms with Gasteiger partial charge in [0.15, 0.2) is 0 Å². The maximum absolute atomic E-state index is 11.9. The summed E-state index contributed by atoms with van der Waals surface area (Å²) in [5.41, 5.74) is 0.529. The highest BCUT2D eigenvalue weighted by Gasteiger charge is 2.30. The van der Waals surface area contributed by atoms with Crippen molar-refractivity contribution in [2.75, 3.05) is 20.3 Å². The minimum Gasteiger partial charge on any atom is -0.377 e. The van der Waals surface area contributed by atoms with Crippen LogP contribution in [0.15, 0.2) is 12.5 Å². The number of carbonyl (C=O) groups is 1. The molecule has 1 amide bonds. The Bertz CT molecular complexity index is 377. The molecule has 88 valence electrons. The van der Waals surface area contributed by atoms with Crippen LogP contribution in [-0.4, -0.2) is 47.9 Å². The molecule has 0 saturated carbocycles. The molecule has 1 aromatic heterocycles. The highest BCUT2D eigenvalue weighted by atomic mass is 16.5. The number of hydrogen-bond acceptors (Lipinski definition) is 4. The average Bonchev–Trinajstić information content (AvgIpc) is 2.86. The fraction of sp³-hybridized carbons (Fsp3) is 0.600. The zero-order chi connectivity index (χ0) is 11.5. The van der Waals surface area contributed by atoms with Gasteiger partial charge in [0.1, 0.15) is 11.8 Å². The van der Waals surface area contributed by atoms with Crippen LogP contribution in [0.1, 0.15) is 10.5 Å². The molecule has 0 bridgehead atoms. The summed E-state index contributed by atoms with van der Waals surface area (Å²) in [5, 5.41) is 2.87. The number of carbonyl (C=O) groups excluding carboxylic acids is 1. The van der Waals surface area contributed by atoms with Crippen molar-refractivity contribution >= 4 is 5.91 Å². The summed E-state index contributed by atoms with van der Waals surface area (Å²) in [6.45, 7) is 1.01. The normalized spacial score (nSPS) is 24.6. The molecule has 1 fully saturated rings. The number of rotatable bonds is 3. The van der Waals surface area contributed by atoms with Crippen LogP contribution in [0.25, 0.3) is 0 Å². The van der Waals surface area contributed by atoms with Crippen molar-refractivity contribution in [2.24, 2.45) is 7.05 Å². The van der Waals surface area contributed by atoms with Gasteiger partial charge in [0.2, 0.25) is 0 Å². The van der Waals surface area contributed by atoms with Crippen molar-refractivity contribution < 1.29 is 14.3 Å². The lowest BCUT2D eigenvalue weighted by Gasteiger charge is -2.17. The Morgan fingerprint density at radius 2 is 2.50 bits per heavy atom. The molecule has 6 heteroatoms. The molecular formula is C10H15N3O3. The van der Waals surface area contributed by atoms with Crippen molar-refractivity contribution in [3.8, 4) is 0 Å². The number of nitrogens with zero attached hydrogens (tertiary/aromatic N) is 2. The van der Waals surface area contributed by atoms with Gasteiger partial charge in [0, 0.05) is 14.2 Å². The maximum Gasteiger partial charge on any atom is 0.269 e. The Labute approximate surface area is 93.6 Å². The van der Waals surface area contributed by atoms with Crippen LogP contribution in [0.3, 0.4) is 0 Å². The van der Waals surface area contributed by atoms with Gasteiger partial charge >= 0.3 is 0 Å². The van der Waals surface area contributed by atoms with Crippen LogP contribution >= 0.6 is 0 Å². The first-order valence-corrected chi connectivity index (χ1v) is 5.10. The van der Waals surface area contributed by atoms with Gasteiger partial charge in [-0.15, -0.1) is 0 Å². The van der Waals surface area contributed by atoms with E-state index in [0.29, 0.717) is 18.9 Å². The van der Waals surface area contributed by atoms with Gasteiger partial charge in [-0.1, -0.05) is 0 Å². The number of ether oxygens (including phenoxy) is 2. The first kappa shape index (κ1) is 11.1. The number of aryl methyl sites for hydroxylation is 1. The third kappa shape index (κ3) is 2.07. The minimum absolute atomic E-state index is 0.0721. The molecule has 1 aromatic rings. The molecule has 2 atom stereocenters. The fourth-order valence-corrected chi connectivity index (χ4v) is 1.72. The zero-order valence-electron chi connectivity index (χ0n) is 9.34. The molecule has 1 aliphatic heterocycles. The second-order valence-electron chi connectivity index (χ2n) is 3.78. The average molecular weight is 225 g/mol. The number of amides is 1. The van der Waals surface area contributed by atoms with Gasteiger partial charge in [-0.3, -0.25) is 4.79 Å². The quantitative estimate of drug-likeness (QED) is 0.757. The monoisotopic (exact) mass is 225 g/mol. The van der Waals surface area contributed by atoms with Crippen LogP contribution in [-0.2, 0) is 16.5 Å². The Morgan fingerprint density at radius 1 is 1.69 bits per heavy atom. The van der Waals surface area contributed by atoms with Crippen molar-refractivity contribution in [3.05, 3.63) is 18.2 Å². The Hall–Kier alpha value is -1.40. The number of nitrogens with one attached hydrogen (secondary N) is 1. The van der Waals surface area contributed by atoms with Crippen LogP contribution in [0.4, 0.5) is 0 Å². The van der Waals surface area contributed by atoms with E-state index in [2.05, 4.69) is 10.3 Å². The molecule has 0 unspecified atom stereocenters. The van der Waals surface area contributed by atoms with Gasteiger partial charge in [0.05, 0.1) is 31.8 Å². The third-order valence-corrected chi connectivity index (χ3v) is 2.70. The molecule has 0 spiro atoms. The fourth-order valence-electron chi connectivity index (χ4n) is 1.72. The lowest BCUT2D eigenvalue weighted by Crippen LogP contribution is -2.43. The van der Waals surface area contributed by atoms with Crippen LogP contribution in [0, 0.1) is 0 Å². The Morgan fingerprint density at radius 3 is 3.12 bits per heavy atom. The molecular weight excluding hydrogens is 210 g/mol. The van der Waals surface area contributed by atoms with Crippen LogP contribution in [0.2, 0.25) is 0 Å². The smallest absolute Gasteiger partial charge is 0.269 e. The summed E-state index contributed by atoms with van der Waals surface area (Å²) >= 11 is 0. The standard InChI is InChI=1S/C10H15N3O3/c1-13-6-11-3-8(13)10(14)12-7-4-16-5-9(7)15-2/h3,6-7,9H,4-5H2,1-2H3,(H,12,14)/t7-,9-/m0/s1. The van der Waals surface area contributed by atoms with Gasteiger partial charge in [0.25, 0.3) is 5.91 Å². The Kier molecular flexibility index (Phi) is 3.21. The minimum atomic E-state index is -0.155. The third-order valence-electron chi connectivity index (χ3n) is 2.70. The largest absolute Gasteiger partial charge is 0.377 e. The van der Waals surface area contributed by atoms with E-state index >= 15 is 0 Å². The van der Waals surface area contributed by atoms with Crippen LogP contribution in [0.5, 0.6) is 0 Å². The van der Waals surface area contributed by atoms with E-state index in [1.807, 2.05) is 0 Å². The van der Waals surface area contributed by atoms with E-state index in [9.17, 15) is 4.79 Å². The second-order valence-corrected chi connectivity index (χ2v) is 3.78. The van der Waals surface area contributed by atoms with Gasteiger partial charge in [-0.05, 0) is 0 Å². The number of hydrogen-bond donors (Lipinski definition) is 1. The first-order chi connectivity index (χ1) is 7.72. The first-order valence-electron chi connectivity index (χ1n) is 5.10. The van der Waals surface area contributed by atoms with Gasteiger partial charge in [-0.25, -0.2) is 4.98 Å². The topological polar surface area (TPSA) is 65.4 Å². The zero-order valence-corrected chi connectivity index (χ0v) is 9.34. The summed E-state index contributed by atoms with van der Waals surface area (Å²) in [4.78, 5) is 15.8. The second kappa shape index (κ2) is 4.63. The lowest BCUT2D eigenvalue weighted by atomic mass is 10.2. The molecule has 16 heavy (non-hydrogen) atoms. The highest BCUT2D eigenvalue weighted by molar-refractivity contribution is 5.92. The SMILES string of the molecule is CO[C@H]1COC[C@@H]1NC(=O)c1cncn1C. The summed E-state index contributed by atoms with van der Waals surface area (Å²) in [6.07, 6.45) is 3.05. The summed E-state index contributed by atoms with van der Waals surface area (Å²) in [6, 6.07) is -0.0904. The predicted octanol–water partition coefficient (Wildman–Crippen LogP) is -0.436. The van der Waals surface area contributed by atoms with Gasteiger partial charge in [-0.2, -0.15) is 0 Å². The Balaban J connectivity index is 2.00. The molecule has 0 radical (unpaired) electrons. The molecule has 1 saturated heterocycles. The summed E-state index contributed by atoms with van der Waals surface area (Å²) in [5.74, 6) is -0.155. The van der Waals surface area contributed by atoms with E-state index in [1.54, 1.807) is 25.1 Å². The van der Waals surface area contributed by atoms with Gasteiger partial charge < -0.3 is 19.4 Å². The van der Waals surface area contributed by atoms with Crippen molar-refractivity contribution in [1.29, 1.82) is 0 Å². The molecule has 1 aliphatic rings. The predicted molar refractivity (Wildman–Crippen MR) is 56.1 cm³/mol. The van der Waals surface area contributed by atoms with E-state index < -0.39 is 0 Å². The highest BCUT2D eigenvalue weighted by Crippen LogP contribution is 2.09. The number of imidazole rings is 1. The molecule has 0 aliphatic carbocycles. The molecule has 1 N–H and O–H groups in total. The number of aromatic nitrogens is 2. The van der Waals surface area contributed by atoms with E-state index in [-0.39, 0.29) is 18.1 Å². The molecule has 2 heterocycles. The van der Waals surface area contributed by atoms with E-state index in [4.69, 9.17) is 9.47 Å². The van der Waals surface area contributed by atoms with Crippen LogP contribution < -0.4 is 5.32 Å². The van der Waals surface area contributed by atoms with Crippen molar-refractivity contribution in [1.82, 2.24) is 14.9 Å². The van der Waals surface area contributed by atoms with Crippen molar-refractivity contribution in [2.45, 2.75) is 12.1 Å².